The Hall–Kier alpha value is -3.17. The molecule has 200 valence electrons. The third kappa shape index (κ3) is 6.53. The van der Waals surface area contributed by atoms with Gasteiger partial charge in [0.2, 0.25) is 0 Å². The predicted octanol–water partition coefficient (Wildman–Crippen LogP) is 4.30. The fraction of sp³-hybridized carbons (Fsp3) is 0.654. The van der Waals surface area contributed by atoms with E-state index in [0.29, 0.717) is 24.7 Å². The molecule has 10 heteroatoms. The van der Waals surface area contributed by atoms with Crippen molar-refractivity contribution in [2.75, 3.05) is 26.3 Å². The van der Waals surface area contributed by atoms with Crippen LogP contribution in [0.4, 0.5) is 9.59 Å². The van der Waals surface area contributed by atoms with E-state index in [1.807, 2.05) is 6.07 Å². The number of hydrogen-bond donors (Lipinski definition) is 1. The number of benzene rings is 1. The maximum Gasteiger partial charge on any atom is 0.410 e. The second-order valence-electron chi connectivity index (χ2n) is 11.5. The molecule has 1 saturated heterocycles. The minimum absolute atomic E-state index is 0.103. The van der Waals surface area contributed by atoms with Crippen LogP contribution in [0, 0.1) is 5.41 Å². The molecule has 2 aliphatic rings. The van der Waals surface area contributed by atoms with Gasteiger partial charge in [-0.3, -0.25) is 9.69 Å². The molecule has 0 saturated carbocycles. The summed E-state index contributed by atoms with van der Waals surface area (Å²) < 4.78 is 22.4. The summed E-state index contributed by atoms with van der Waals surface area (Å²) in [5, 5.41) is 10.3. The van der Waals surface area contributed by atoms with Gasteiger partial charge >= 0.3 is 18.2 Å². The first-order valence-electron chi connectivity index (χ1n) is 12.2. The van der Waals surface area contributed by atoms with E-state index in [9.17, 15) is 19.5 Å². The van der Waals surface area contributed by atoms with Gasteiger partial charge in [-0.2, -0.15) is 0 Å². The Morgan fingerprint density at radius 3 is 2.25 bits per heavy atom. The van der Waals surface area contributed by atoms with Crippen LogP contribution in [-0.2, 0) is 20.8 Å². The van der Waals surface area contributed by atoms with Crippen molar-refractivity contribution in [1.82, 2.24) is 9.80 Å². The van der Waals surface area contributed by atoms with E-state index in [0.717, 1.165) is 5.56 Å². The van der Waals surface area contributed by atoms with Gasteiger partial charge < -0.3 is 29.0 Å². The van der Waals surface area contributed by atoms with Gasteiger partial charge in [-0.15, -0.1) is 0 Å². The van der Waals surface area contributed by atoms with Crippen molar-refractivity contribution in [3.05, 3.63) is 23.8 Å². The lowest BCUT2D eigenvalue weighted by Crippen LogP contribution is -2.62. The third-order valence-electron chi connectivity index (χ3n) is 6.03. The monoisotopic (exact) mass is 506 g/mol. The average Bonchev–Trinajstić information content (AvgIpc) is 2.75. The van der Waals surface area contributed by atoms with Gasteiger partial charge in [-0.05, 0) is 72.6 Å². The Labute approximate surface area is 212 Å². The summed E-state index contributed by atoms with van der Waals surface area (Å²) in [6.07, 6.45) is -0.962. The van der Waals surface area contributed by atoms with Crippen molar-refractivity contribution in [3.63, 3.8) is 0 Å². The Bertz CT molecular complexity index is 997. The van der Waals surface area contributed by atoms with Gasteiger partial charge in [-0.25, -0.2) is 9.59 Å². The number of carbonyl (C=O) groups is 3. The Morgan fingerprint density at radius 2 is 1.67 bits per heavy atom. The fourth-order valence-corrected chi connectivity index (χ4v) is 4.38. The fourth-order valence-electron chi connectivity index (χ4n) is 4.38. The zero-order valence-electron chi connectivity index (χ0n) is 22.3. The highest BCUT2D eigenvalue weighted by Crippen LogP contribution is 2.37. The number of nitrogens with zero attached hydrogens (tertiary/aromatic N) is 2. The van der Waals surface area contributed by atoms with Crippen LogP contribution in [0.25, 0.3) is 0 Å². The highest BCUT2D eigenvalue weighted by Gasteiger charge is 2.51. The number of ether oxygens (including phenoxy) is 4. The quantitative estimate of drug-likeness (QED) is 0.643. The molecule has 0 radical (unpaired) electrons. The molecular weight excluding hydrogens is 468 g/mol. The molecule has 2 unspecified atom stereocenters. The molecule has 2 amide bonds. The van der Waals surface area contributed by atoms with Crippen LogP contribution in [-0.4, -0.2) is 76.6 Å². The van der Waals surface area contributed by atoms with Crippen molar-refractivity contribution in [2.24, 2.45) is 5.41 Å². The van der Waals surface area contributed by atoms with Crippen LogP contribution in [0.15, 0.2) is 18.2 Å². The summed E-state index contributed by atoms with van der Waals surface area (Å²) in [4.78, 5) is 41.6. The van der Waals surface area contributed by atoms with E-state index in [4.69, 9.17) is 18.9 Å². The molecule has 3 rings (SSSR count). The number of aliphatic carboxylic acids is 1. The van der Waals surface area contributed by atoms with Crippen molar-refractivity contribution < 1.29 is 38.4 Å². The molecule has 36 heavy (non-hydrogen) atoms. The van der Waals surface area contributed by atoms with Crippen molar-refractivity contribution in [3.8, 4) is 11.5 Å². The summed E-state index contributed by atoms with van der Waals surface area (Å²) >= 11 is 0. The topological polar surface area (TPSA) is 115 Å². The van der Waals surface area contributed by atoms with Gasteiger partial charge in [0, 0.05) is 19.6 Å². The van der Waals surface area contributed by atoms with Crippen LogP contribution < -0.4 is 9.47 Å². The highest BCUT2D eigenvalue weighted by molar-refractivity contribution is 5.79. The SMILES string of the molecule is CC(C)(C)OC(=O)N1CCC(N(Cc2ccc3c(c2)OCCO3)C(=O)OC(C)(C)C)C(C)(C(=O)O)C1. The van der Waals surface area contributed by atoms with E-state index >= 15 is 0 Å². The molecule has 2 aliphatic heterocycles. The third-order valence-corrected chi connectivity index (χ3v) is 6.03. The molecule has 1 aromatic carbocycles. The number of carbonyl (C=O) groups excluding carboxylic acids is 2. The minimum atomic E-state index is -1.46. The number of piperidine rings is 1. The molecule has 0 bridgehead atoms. The first-order chi connectivity index (χ1) is 16.6. The summed E-state index contributed by atoms with van der Waals surface area (Å²) in [6.45, 7) is 13.2. The van der Waals surface area contributed by atoms with Crippen LogP contribution >= 0.6 is 0 Å². The van der Waals surface area contributed by atoms with Crippen molar-refractivity contribution >= 4 is 18.2 Å². The van der Waals surface area contributed by atoms with Crippen LogP contribution in [0.3, 0.4) is 0 Å². The first kappa shape index (κ1) is 27.4. The molecular formula is C26H38N2O8. The maximum absolute atomic E-state index is 13.4. The Kier molecular flexibility index (Phi) is 7.66. The van der Waals surface area contributed by atoms with Gasteiger partial charge in [0.15, 0.2) is 11.5 Å². The molecule has 1 aromatic rings. The van der Waals surface area contributed by atoms with E-state index < -0.39 is 40.8 Å². The first-order valence-corrected chi connectivity index (χ1v) is 12.2. The van der Waals surface area contributed by atoms with Gasteiger partial charge in [0.05, 0.1) is 6.04 Å². The predicted molar refractivity (Wildman–Crippen MR) is 131 cm³/mol. The molecule has 0 aromatic heterocycles. The maximum atomic E-state index is 13.4. The lowest BCUT2D eigenvalue weighted by atomic mass is 9.76. The Balaban J connectivity index is 1.93. The summed E-state index contributed by atoms with van der Waals surface area (Å²) in [5.41, 5.74) is -2.21. The van der Waals surface area contributed by atoms with Crippen molar-refractivity contribution in [2.45, 2.75) is 78.7 Å². The zero-order chi connectivity index (χ0) is 26.9. The number of amides is 2. The standard InChI is InChI=1S/C26H38N2O8/c1-24(2,3)35-22(31)27-11-10-20(26(7,16-27)21(29)30)28(23(32)36-25(4,5)6)15-17-8-9-18-19(14-17)34-13-12-33-18/h8-9,14,20H,10-13,15-16H2,1-7H3,(H,29,30). The van der Waals surface area contributed by atoms with Crippen molar-refractivity contribution in [1.29, 1.82) is 0 Å². The van der Waals surface area contributed by atoms with E-state index in [1.54, 1.807) is 60.6 Å². The molecule has 2 heterocycles. The van der Waals surface area contributed by atoms with Crippen LogP contribution in [0.2, 0.25) is 0 Å². The largest absolute Gasteiger partial charge is 0.486 e. The normalized spacial score (nSPS) is 22.0. The highest BCUT2D eigenvalue weighted by atomic mass is 16.6. The van der Waals surface area contributed by atoms with Gasteiger partial charge in [-0.1, -0.05) is 6.07 Å². The average molecular weight is 507 g/mol. The molecule has 10 nitrogen and oxygen atoms in total. The Morgan fingerprint density at radius 1 is 1.06 bits per heavy atom. The molecule has 1 N–H and O–H groups in total. The van der Waals surface area contributed by atoms with E-state index in [1.165, 1.54) is 9.80 Å². The van der Waals surface area contributed by atoms with E-state index in [-0.39, 0.29) is 26.1 Å². The second-order valence-corrected chi connectivity index (χ2v) is 11.5. The second kappa shape index (κ2) is 10.1. The lowest BCUT2D eigenvalue weighted by Gasteiger charge is -2.47. The minimum Gasteiger partial charge on any atom is -0.486 e. The van der Waals surface area contributed by atoms with Crippen LogP contribution in [0.5, 0.6) is 11.5 Å². The molecule has 2 atom stereocenters. The lowest BCUT2D eigenvalue weighted by molar-refractivity contribution is -0.156. The summed E-state index contributed by atoms with van der Waals surface area (Å²) in [6, 6.07) is 4.65. The molecule has 1 fully saturated rings. The van der Waals surface area contributed by atoms with E-state index in [2.05, 4.69) is 0 Å². The number of carboxylic acids is 1. The van der Waals surface area contributed by atoms with Gasteiger partial charge in [0.25, 0.3) is 0 Å². The number of hydrogen-bond acceptors (Lipinski definition) is 7. The van der Waals surface area contributed by atoms with Crippen LogP contribution in [0.1, 0.15) is 60.5 Å². The zero-order valence-corrected chi connectivity index (χ0v) is 22.3. The molecule has 0 spiro atoms. The van der Waals surface area contributed by atoms with Gasteiger partial charge in [0.1, 0.15) is 29.8 Å². The number of likely N-dealkylation sites (tertiary alicyclic amines) is 1. The summed E-state index contributed by atoms with van der Waals surface area (Å²) in [5.74, 6) is 0.0787. The summed E-state index contributed by atoms with van der Waals surface area (Å²) in [7, 11) is 0. The number of fused-ring (bicyclic) bond motifs is 1. The smallest absolute Gasteiger partial charge is 0.410 e. The number of rotatable bonds is 4. The molecule has 0 aliphatic carbocycles. The number of carboxylic acid groups (broad SMARTS) is 1.